The lowest BCUT2D eigenvalue weighted by Crippen LogP contribution is -2.55. The van der Waals surface area contributed by atoms with Crippen LogP contribution in [0, 0.1) is 11.6 Å². The van der Waals surface area contributed by atoms with E-state index in [1.807, 2.05) is 0 Å². The van der Waals surface area contributed by atoms with Crippen molar-refractivity contribution in [3.63, 3.8) is 0 Å². The summed E-state index contributed by atoms with van der Waals surface area (Å²) in [5.41, 5.74) is -1.33. The van der Waals surface area contributed by atoms with E-state index in [0.717, 1.165) is 37.5 Å². The highest BCUT2D eigenvalue weighted by atomic mass is 19.2. The highest BCUT2D eigenvalue weighted by Gasteiger charge is 2.40. The minimum atomic E-state index is -1.26. The van der Waals surface area contributed by atoms with Crippen LogP contribution in [0.15, 0.2) is 24.3 Å². The zero-order chi connectivity index (χ0) is 16.2. The van der Waals surface area contributed by atoms with Crippen LogP contribution in [0.4, 0.5) is 8.78 Å². The van der Waals surface area contributed by atoms with Gasteiger partial charge in [-0.2, -0.15) is 0 Å². The van der Waals surface area contributed by atoms with Gasteiger partial charge in [0.05, 0.1) is 0 Å². The number of carboxylic acids is 1. The van der Waals surface area contributed by atoms with Crippen LogP contribution in [0.25, 0.3) is 6.08 Å². The number of nitrogens with one attached hydrogen (secondary N) is 1. The first-order valence-corrected chi connectivity index (χ1v) is 7.12. The fourth-order valence-electron chi connectivity index (χ4n) is 2.64. The average Bonchev–Trinajstić information content (AvgIpc) is 2.49. The van der Waals surface area contributed by atoms with Gasteiger partial charge in [-0.15, -0.1) is 0 Å². The van der Waals surface area contributed by atoms with Crippen LogP contribution in [-0.2, 0) is 9.59 Å². The van der Waals surface area contributed by atoms with E-state index in [1.165, 1.54) is 12.1 Å². The lowest BCUT2D eigenvalue weighted by molar-refractivity contribution is -0.148. The quantitative estimate of drug-likeness (QED) is 0.841. The topological polar surface area (TPSA) is 66.4 Å². The van der Waals surface area contributed by atoms with E-state index in [9.17, 15) is 23.5 Å². The Balaban J connectivity index is 2.10. The van der Waals surface area contributed by atoms with Gasteiger partial charge in [-0.1, -0.05) is 31.4 Å². The molecule has 1 aromatic rings. The number of hydrogen-bond donors (Lipinski definition) is 2. The van der Waals surface area contributed by atoms with Crippen LogP contribution in [0.5, 0.6) is 0 Å². The predicted octanol–water partition coefficient (Wildman–Crippen LogP) is 2.88. The average molecular weight is 309 g/mol. The van der Waals surface area contributed by atoms with Crippen molar-refractivity contribution in [3.8, 4) is 0 Å². The van der Waals surface area contributed by atoms with E-state index in [-0.39, 0.29) is 5.56 Å². The first-order chi connectivity index (χ1) is 10.4. The summed E-state index contributed by atoms with van der Waals surface area (Å²) in [5, 5.41) is 11.8. The molecule has 0 aliphatic heterocycles. The van der Waals surface area contributed by atoms with Crippen molar-refractivity contribution in [1.29, 1.82) is 0 Å². The number of carboxylic acid groups (broad SMARTS) is 1. The number of amides is 1. The lowest BCUT2D eigenvalue weighted by Gasteiger charge is -2.33. The Hall–Kier alpha value is -2.24. The third kappa shape index (κ3) is 3.50. The van der Waals surface area contributed by atoms with E-state index < -0.39 is 29.0 Å². The smallest absolute Gasteiger partial charge is 0.329 e. The highest BCUT2D eigenvalue weighted by Crippen LogP contribution is 2.28. The molecule has 2 rings (SSSR count). The van der Waals surface area contributed by atoms with Gasteiger partial charge in [0.2, 0.25) is 5.91 Å². The Labute approximate surface area is 126 Å². The standard InChI is InChI=1S/C16H17F2NO3/c17-12-6-4-5-11(14(12)18)7-8-13(20)19-16(15(21)22)9-2-1-3-10-16/h4-8H,1-3,9-10H2,(H,19,20)(H,21,22). The van der Waals surface area contributed by atoms with E-state index in [0.29, 0.717) is 12.8 Å². The molecule has 0 radical (unpaired) electrons. The Morgan fingerprint density at radius 3 is 2.50 bits per heavy atom. The van der Waals surface area contributed by atoms with Crippen LogP contribution in [0.1, 0.15) is 37.7 Å². The van der Waals surface area contributed by atoms with Crippen molar-refractivity contribution in [2.24, 2.45) is 0 Å². The maximum atomic E-state index is 13.5. The molecule has 6 heteroatoms. The fourth-order valence-corrected chi connectivity index (χ4v) is 2.64. The normalized spacial score (nSPS) is 17.4. The van der Waals surface area contributed by atoms with Crippen molar-refractivity contribution in [1.82, 2.24) is 5.32 Å². The molecule has 1 aromatic carbocycles. The molecule has 0 saturated heterocycles. The lowest BCUT2D eigenvalue weighted by atomic mass is 9.81. The molecule has 1 aliphatic carbocycles. The number of hydrogen-bond acceptors (Lipinski definition) is 2. The molecule has 0 unspecified atom stereocenters. The third-order valence-electron chi connectivity index (χ3n) is 3.87. The van der Waals surface area contributed by atoms with Crippen LogP contribution in [0.2, 0.25) is 0 Å². The van der Waals surface area contributed by atoms with Gasteiger partial charge >= 0.3 is 5.97 Å². The maximum Gasteiger partial charge on any atom is 0.329 e. The van der Waals surface area contributed by atoms with Gasteiger partial charge in [0.15, 0.2) is 11.6 Å². The van der Waals surface area contributed by atoms with Gasteiger partial charge in [0, 0.05) is 11.6 Å². The molecule has 0 aromatic heterocycles. The fraction of sp³-hybridized carbons (Fsp3) is 0.375. The van der Waals surface area contributed by atoms with E-state index in [1.54, 1.807) is 0 Å². The monoisotopic (exact) mass is 309 g/mol. The number of aliphatic carboxylic acids is 1. The third-order valence-corrected chi connectivity index (χ3v) is 3.87. The summed E-state index contributed by atoms with van der Waals surface area (Å²) >= 11 is 0. The molecule has 0 bridgehead atoms. The minimum absolute atomic E-state index is 0.0665. The van der Waals surface area contributed by atoms with Gasteiger partial charge in [0.1, 0.15) is 5.54 Å². The van der Waals surface area contributed by atoms with Crippen LogP contribution in [-0.4, -0.2) is 22.5 Å². The van der Waals surface area contributed by atoms with Gasteiger partial charge in [0.25, 0.3) is 0 Å². The Kier molecular flexibility index (Phi) is 4.90. The molecule has 1 aliphatic rings. The van der Waals surface area contributed by atoms with Gasteiger partial charge < -0.3 is 10.4 Å². The van der Waals surface area contributed by atoms with Crippen molar-refractivity contribution in [2.75, 3.05) is 0 Å². The number of rotatable bonds is 4. The number of halogens is 2. The SMILES string of the molecule is O=C(C=Cc1cccc(F)c1F)NC1(C(=O)O)CCCCC1. The van der Waals surface area contributed by atoms with Gasteiger partial charge in [-0.25, -0.2) is 13.6 Å². The zero-order valence-electron chi connectivity index (χ0n) is 11.9. The summed E-state index contributed by atoms with van der Waals surface area (Å²) in [6.45, 7) is 0. The summed E-state index contributed by atoms with van der Waals surface area (Å²) in [6.07, 6.45) is 5.30. The molecule has 22 heavy (non-hydrogen) atoms. The summed E-state index contributed by atoms with van der Waals surface area (Å²) in [4.78, 5) is 23.3. The molecule has 1 saturated carbocycles. The largest absolute Gasteiger partial charge is 0.480 e. The van der Waals surface area contributed by atoms with E-state index in [2.05, 4.69) is 5.32 Å². The molecule has 2 N–H and O–H groups in total. The summed E-state index contributed by atoms with van der Waals surface area (Å²) in [6, 6.07) is 3.64. The second-order valence-electron chi connectivity index (χ2n) is 5.41. The molecule has 4 nitrogen and oxygen atoms in total. The maximum absolute atomic E-state index is 13.5. The van der Waals surface area contributed by atoms with E-state index >= 15 is 0 Å². The first-order valence-electron chi connectivity index (χ1n) is 7.12. The number of carbonyl (C=O) groups excluding carboxylic acids is 1. The van der Waals surface area contributed by atoms with Crippen molar-refractivity contribution >= 4 is 18.0 Å². The molecule has 1 amide bonds. The van der Waals surface area contributed by atoms with Crippen LogP contribution in [0.3, 0.4) is 0 Å². The molecular weight excluding hydrogens is 292 g/mol. The Morgan fingerprint density at radius 1 is 1.18 bits per heavy atom. The van der Waals surface area contributed by atoms with Crippen LogP contribution < -0.4 is 5.32 Å². The van der Waals surface area contributed by atoms with Crippen molar-refractivity contribution < 1.29 is 23.5 Å². The molecular formula is C16H17F2NO3. The second-order valence-corrected chi connectivity index (χ2v) is 5.41. The van der Waals surface area contributed by atoms with Crippen LogP contribution >= 0.6 is 0 Å². The summed E-state index contributed by atoms with van der Waals surface area (Å²) in [5.74, 6) is -3.74. The first kappa shape index (κ1) is 16.1. The van der Waals surface area contributed by atoms with Gasteiger partial charge in [-0.05, 0) is 25.0 Å². The Morgan fingerprint density at radius 2 is 1.86 bits per heavy atom. The van der Waals surface area contributed by atoms with Crippen molar-refractivity contribution in [2.45, 2.75) is 37.6 Å². The molecule has 1 fully saturated rings. The minimum Gasteiger partial charge on any atom is -0.480 e. The zero-order valence-corrected chi connectivity index (χ0v) is 11.9. The molecule has 0 heterocycles. The molecule has 0 atom stereocenters. The molecule has 0 spiro atoms. The van der Waals surface area contributed by atoms with Gasteiger partial charge in [-0.3, -0.25) is 4.79 Å². The van der Waals surface area contributed by atoms with Crippen molar-refractivity contribution in [3.05, 3.63) is 41.5 Å². The highest BCUT2D eigenvalue weighted by molar-refractivity contribution is 5.95. The Bertz CT molecular complexity index is 607. The number of benzene rings is 1. The summed E-state index contributed by atoms with van der Waals surface area (Å²) < 4.78 is 26.5. The number of carbonyl (C=O) groups is 2. The molecule has 118 valence electrons. The summed E-state index contributed by atoms with van der Waals surface area (Å²) in [7, 11) is 0. The predicted molar refractivity (Wildman–Crippen MR) is 77.0 cm³/mol. The van der Waals surface area contributed by atoms with E-state index in [4.69, 9.17) is 0 Å². The second kappa shape index (κ2) is 6.68.